The summed E-state index contributed by atoms with van der Waals surface area (Å²) >= 11 is 0. The fraction of sp³-hybridized carbons (Fsp3) is 0.294. The molecule has 1 amide bonds. The van der Waals surface area contributed by atoms with Crippen LogP contribution in [-0.4, -0.2) is 43.8 Å². The number of nitrogens with two attached hydrogens (primary N) is 1. The van der Waals surface area contributed by atoms with Crippen LogP contribution in [0.4, 0.5) is 17.1 Å². The second-order valence-electron chi connectivity index (χ2n) is 6.15. The van der Waals surface area contributed by atoms with E-state index < -0.39 is 15.9 Å². The Morgan fingerprint density at radius 2 is 2.00 bits per heavy atom. The van der Waals surface area contributed by atoms with Crippen molar-refractivity contribution in [2.75, 3.05) is 22.9 Å². The number of ether oxygens (including phenoxy) is 1. The van der Waals surface area contributed by atoms with E-state index in [-0.39, 0.29) is 28.8 Å². The quantitative estimate of drug-likeness (QED) is 0.652. The Hall–Kier alpha value is -3.01. The first kappa shape index (κ1) is 20.3. The van der Waals surface area contributed by atoms with Crippen LogP contribution < -0.4 is 20.1 Å². The smallest absolute Gasteiger partial charge is 0.252 e. The van der Waals surface area contributed by atoms with Crippen molar-refractivity contribution in [1.29, 1.82) is 0 Å². The highest BCUT2D eigenvalue weighted by Crippen LogP contribution is 2.37. The van der Waals surface area contributed by atoms with Crippen molar-refractivity contribution in [3.05, 3.63) is 36.2 Å². The molecule has 27 heavy (non-hydrogen) atoms. The molecule has 0 radical (unpaired) electrons. The number of aromatic nitrogens is 1. The van der Waals surface area contributed by atoms with Gasteiger partial charge in [-0.1, -0.05) is 0 Å². The van der Waals surface area contributed by atoms with Crippen LogP contribution in [0.25, 0.3) is 0 Å². The molecule has 9 nitrogen and oxygen atoms in total. The van der Waals surface area contributed by atoms with Crippen molar-refractivity contribution in [3.63, 3.8) is 0 Å². The van der Waals surface area contributed by atoms with Gasteiger partial charge in [0.15, 0.2) is 5.75 Å². The van der Waals surface area contributed by atoms with E-state index in [0.29, 0.717) is 11.4 Å². The molecule has 1 aromatic heterocycles. The van der Waals surface area contributed by atoms with Gasteiger partial charge in [-0.25, -0.2) is 8.42 Å². The molecule has 0 atom stereocenters. The van der Waals surface area contributed by atoms with Crippen molar-refractivity contribution in [1.82, 2.24) is 4.98 Å². The van der Waals surface area contributed by atoms with Crippen molar-refractivity contribution in [2.24, 2.45) is 5.73 Å². The van der Waals surface area contributed by atoms with Gasteiger partial charge in [-0.2, -0.15) is 0 Å². The number of benzene rings is 1. The number of carbonyl (C=O) groups is 1. The third kappa shape index (κ3) is 4.79. The number of anilines is 3. The summed E-state index contributed by atoms with van der Waals surface area (Å²) in [7, 11) is -2.20. The van der Waals surface area contributed by atoms with Gasteiger partial charge in [-0.15, -0.1) is 0 Å². The maximum Gasteiger partial charge on any atom is 0.252 e. The Balaban J connectivity index is 2.59. The first-order valence-corrected chi connectivity index (χ1v) is 9.84. The molecule has 0 aliphatic rings. The van der Waals surface area contributed by atoms with Gasteiger partial charge in [0.1, 0.15) is 5.75 Å². The minimum absolute atomic E-state index is 0.0261. The Morgan fingerprint density at radius 3 is 2.56 bits per heavy atom. The highest BCUT2D eigenvalue weighted by molar-refractivity contribution is 7.92. The molecule has 146 valence electrons. The molecule has 0 fully saturated rings. The second kappa shape index (κ2) is 7.70. The predicted octanol–water partition coefficient (Wildman–Crippen LogP) is 1.81. The van der Waals surface area contributed by atoms with E-state index in [4.69, 9.17) is 10.5 Å². The van der Waals surface area contributed by atoms with Crippen molar-refractivity contribution >= 4 is 33.0 Å². The Labute approximate surface area is 157 Å². The normalized spacial score (nSPS) is 11.3. The predicted molar refractivity (Wildman–Crippen MR) is 103 cm³/mol. The highest BCUT2D eigenvalue weighted by Gasteiger charge is 2.20. The van der Waals surface area contributed by atoms with Crippen LogP contribution in [0.2, 0.25) is 0 Å². The Morgan fingerprint density at radius 1 is 1.33 bits per heavy atom. The summed E-state index contributed by atoms with van der Waals surface area (Å²) in [5.74, 6) is -0.629. The summed E-state index contributed by atoms with van der Waals surface area (Å²) in [5, 5.41) is 12.9. The number of primary amides is 1. The van der Waals surface area contributed by atoms with Crippen LogP contribution in [0.5, 0.6) is 11.5 Å². The van der Waals surface area contributed by atoms with Crippen LogP contribution in [-0.2, 0) is 10.0 Å². The molecular weight excluding hydrogens is 372 g/mol. The average molecular weight is 394 g/mol. The van der Waals surface area contributed by atoms with Gasteiger partial charge in [-0.3, -0.25) is 14.1 Å². The van der Waals surface area contributed by atoms with Gasteiger partial charge >= 0.3 is 0 Å². The fourth-order valence-corrected chi connectivity index (χ4v) is 2.81. The molecule has 0 unspecified atom stereocenters. The molecule has 0 saturated carbocycles. The standard InChI is InChI=1S/C17H22N4O5S/c1-10(2)26-11-5-6-13(14(7-11)21(3)27(4,24)25)20-16-12(17(18)23)8-19-9-15(16)22/h5-10,22H,1-4H3,(H2,18,23)(H,19,20). The van der Waals surface area contributed by atoms with Crippen LogP contribution in [0.15, 0.2) is 30.6 Å². The fourth-order valence-electron chi connectivity index (χ4n) is 2.30. The zero-order valence-corrected chi connectivity index (χ0v) is 16.2. The van der Waals surface area contributed by atoms with E-state index in [1.165, 1.54) is 13.2 Å². The molecule has 4 N–H and O–H groups in total. The van der Waals surface area contributed by atoms with Gasteiger partial charge in [0.2, 0.25) is 10.0 Å². The average Bonchev–Trinajstić information content (AvgIpc) is 2.55. The van der Waals surface area contributed by atoms with Crippen molar-refractivity contribution in [2.45, 2.75) is 20.0 Å². The number of nitrogens with one attached hydrogen (secondary N) is 1. The van der Waals surface area contributed by atoms with Crippen LogP contribution >= 0.6 is 0 Å². The Kier molecular flexibility index (Phi) is 5.79. The third-order valence-corrected chi connectivity index (χ3v) is 4.82. The summed E-state index contributed by atoms with van der Waals surface area (Å²) in [4.78, 5) is 15.4. The lowest BCUT2D eigenvalue weighted by Crippen LogP contribution is -2.26. The van der Waals surface area contributed by atoms with Crippen molar-refractivity contribution in [3.8, 4) is 11.5 Å². The number of sulfonamides is 1. The van der Waals surface area contributed by atoms with E-state index >= 15 is 0 Å². The number of aromatic hydroxyl groups is 1. The lowest BCUT2D eigenvalue weighted by molar-refractivity contribution is 0.100. The van der Waals surface area contributed by atoms with Crippen molar-refractivity contribution < 1.29 is 23.1 Å². The minimum Gasteiger partial charge on any atom is -0.504 e. The lowest BCUT2D eigenvalue weighted by Gasteiger charge is -2.23. The summed E-state index contributed by atoms with van der Waals surface area (Å²) in [5.41, 5.74) is 5.90. The maximum atomic E-state index is 12.0. The highest BCUT2D eigenvalue weighted by atomic mass is 32.2. The van der Waals surface area contributed by atoms with Gasteiger partial charge in [0, 0.05) is 19.3 Å². The number of hydrogen-bond acceptors (Lipinski definition) is 7. The second-order valence-corrected chi connectivity index (χ2v) is 8.16. The molecule has 1 aromatic carbocycles. The number of pyridine rings is 1. The van der Waals surface area contributed by atoms with E-state index in [1.807, 2.05) is 13.8 Å². The molecular formula is C17H22N4O5S. The monoisotopic (exact) mass is 394 g/mol. The van der Waals surface area contributed by atoms with Crippen LogP contribution in [0.1, 0.15) is 24.2 Å². The molecule has 2 aromatic rings. The van der Waals surface area contributed by atoms with E-state index in [1.54, 1.807) is 18.2 Å². The lowest BCUT2D eigenvalue weighted by atomic mass is 10.2. The topological polar surface area (TPSA) is 135 Å². The first-order chi connectivity index (χ1) is 12.5. The molecule has 1 heterocycles. The number of carbonyl (C=O) groups excluding carboxylic acids is 1. The van der Waals surface area contributed by atoms with E-state index in [9.17, 15) is 18.3 Å². The van der Waals surface area contributed by atoms with E-state index in [0.717, 1.165) is 16.8 Å². The summed E-state index contributed by atoms with van der Waals surface area (Å²) in [6.45, 7) is 3.69. The SMILES string of the molecule is CC(C)Oc1ccc(Nc2c(O)cncc2C(N)=O)c(N(C)S(C)(=O)=O)c1. The summed E-state index contributed by atoms with van der Waals surface area (Å²) in [6.07, 6.45) is 3.31. The summed E-state index contributed by atoms with van der Waals surface area (Å²) in [6, 6.07) is 4.77. The summed E-state index contributed by atoms with van der Waals surface area (Å²) < 4.78 is 30.8. The number of rotatable bonds is 7. The molecule has 0 aliphatic heterocycles. The largest absolute Gasteiger partial charge is 0.504 e. The number of amides is 1. The zero-order valence-electron chi connectivity index (χ0n) is 15.4. The van der Waals surface area contributed by atoms with Crippen LogP contribution in [0.3, 0.4) is 0 Å². The first-order valence-electron chi connectivity index (χ1n) is 7.99. The van der Waals surface area contributed by atoms with Gasteiger partial charge in [-0.05, 0) is 26.0 Å². The molecule has 10 heteroatoms. The molecule has 0 aliphatic carbocycles. The number of nitrogens with zero attached hydrogens (tertiary/aromatic N) is 2. The maximum absolute atomic E-state index is 12.0. The minimum atomic E-state index is -3.58. The molecule has 0 spiro atoms. The van der Waals surface area contributed by atoms with E-state index in [2.05, 4.69) is 10.3 Å². The Bertz CT molecular complexity index is 960. The van der Waals surface area contributed by atoms with Gasteiger partial charge in [0.25, 0.3) is 5.91 Å². The number of hydrogen-bond donors (Lipinski definition) is 3. The molecule has 2 rings (SSSR count). The third-order valence-electron chi connectivity index (χ3n) is 3.63. The zero-order chi connectivity index (χ0) is 20.4. The molecule has 0 saturated heterocycles. The van der Waals surface area contributed by atoms with Gasteiger partial charge < -0.3 is 20.9 Å². The van der Waals surface area contributed by atoms with Crippen LogP contribution in [0, 0.1) is 0 Å². The van der Waals surface area contributed by atoms with Gasteiger partial charge in [0.05, 0.1) is 41.2 Å². The molecule has 0 bridgehead atoms.